The lowest BCUT2D eigenvalue weighted by Gasteiger charge is -2.37. The Morgan fingerprint density at radius 3 is 3.05 bits per heavy atom. The molecule has 2 aliphatic heterocycles. The SMILES string of the molecule is Cc1ccc2c(c1)CC(CC1(CBr)CCCOC1)O2. The van der Waals surface area contributed by atoms with Crippen LogP contribution in [-0.4, -0.2) is 24.6 Å². The molecule has 0 N–H and O–H groups in total. The molecule has 19 heavy (non-hydrogen) atoms. The third kappa shape index (κ3) is 2.82. The molecule has 0 saturated carbocycles. The molecule has 0 radical (unpaired) electrons. The van der Waals surface area contributed by atoms with E-state index >= 15 is 0 Å². The molecule has 2 unspecified atom stereocenters. The minimum absolute atomic E-state index is 0.264. The molecule has 2 heterocycles. The molecule has 2 atom stereocenters. The van der Waals surface area contributed by atoms with E-state index in [1.54, 1.807) is 0 Å². The first-order valence-corrected chi connectivity index (χ1v) is 8.23. The van der Waals surface area contributed by atoms with E-state index in [4.69, 9.17) is 9.47 Å². The van der Waals surface area contributed by atoms with Crippen LogP contribution >= 0.6 is 15.9 Å². The summed E-state index contributed by atoms with van der Waals surface area (Å²) in [5.74, 6) is 1.08. The number of hydrogen-bond acceptors (Lipinski definition) is 2. The third-order valence-electron chi connectivity index (χ3n) is 4.31. The molecular formula is C16H21BrO2. The molecule has 0 spiro atoms. The number of ether oxygens (including phenoxy) is 2. The second-order valence-corrected chi connectivity index (χ2v) is 6.61. The van der Waals surface area contributed by atoms with Gasteiger partial charge in [0.05, 0.1) is 6.61 Å². The standard InChI is InChI=1S/C16H21BrO2/c1-12-3-4-15-13(7-12)8-14(19-15)9-16(10-17)5-2-6-18-11-16/h3-4,7,14H,2,5-6,8-11H2,1H3. The number of aryl methyl sites for hydroxylation is 1. The Labute approximate surface area is 123 Å². The summed E-state index contributed by atoms with van der Waals surface area (Å²) in [4.78, 5) is 0. The van der Waals surface area contributed by atoms with E-state index in [0.717, 1.165) is 37.1 Å². The molecule has 1 fully saturated rings. The molecule has 1 aromatic rings. The van der Waals surface area contributed by atoms with Gasteiger partial charge in [0.15, 0.2) is 0 Å². The smallest absolute Gasteiger partial charge is 0.123 e. The van der Waals surface area contributed by atoms with E-state index in [9.17, 15) is 0 Å². The average molecular weight is 325 g/mol. The number of rotatable bonds is 3. The fraction of sp³-hybridized carbons (Fsp3) is 0.625. The van der Waals surface area contributed by atoms with Gasteiger partial charge in [-0.15, -0.1) is 0 Å². The summed E-state index contributed by atoms with van der Waals surface area (Å²) in [6.45, 7) is 3.93. The Morgan fingerprint density at radius 2 is 2.32 bits per heavy atom. The highest BCUT2D eigenvalue weighted by Crippen LogP contribution is 2.40. The zero-order chi connectivity index (χ0) is 13.3. The van der Waals surface area contributed by atoms with Gasteiger partial charge in [0, 0.05) is 23.8 Å². The van der Waals surface area contributed by atoms with Gasteiger partial charge in [-0.25, -0.2) is 0 Å². The van der Waals surface area contributed by atoms with Crippen molar-refractivity contribution in [3.05, 3.63) is 29.3 Å². The second-order valence-electron chi connectivity index (χ2n) is 6.05. The van der Waals surface area contributed by atoms with Crippen LogP contribution < -0.4 is 4.74 Å². The summed E-state index contributed by atoms with van der Waals surface area (Å²) in [5.41, 5.74) is 2.95. The van der Waals surface area contributed by atoms with Gasteiger partial charge < -0.3 is 9.47 Å². The van der Waals surface area contributed by atoms with Crippen LogP contribution in [0.25, 0.3) is 0 Å². The lowest BCUT2D eigenvalue weighted by Crippen LogP contribution is -2.38. The Hall–Kier alpha value is -0.540. The zero-order valence-electron chi connectivity index (χ0n) is 11.5. The maximum absolute atomic E-state index is 6.12. The number of hydrogen-bond donors (Lipinski definition) is 0. The molecule has 0 aliphatic carbocycles. The number of halogens is 1. The van der Waals surface area contributed by atoms with Crippen molar-refractivity contribution >= 4 is 15.9 Å². The fourth-order valence-corrected chi connectivity index (χ4v) is 3.95. The summed E-state index contributed by atoms with van der Waals surface area (Å²) in [6, 6.07) is 6.50. The van der Waals surface area contributed by atoms with Crippen molar-refractivity contribution in [2.45, 2.75) is 38.7 Å². The topological polar surface area (TPSA) is 18.5 Å². The second kappa shape index (κ2) is 5.45. The van der Waals surface area contributed by atoms with Crippen molar-refractivity contribution < 1.29 is 9.47 Å². The van der Waals surface area contributed by atoms with E-state index in [0.29, 0.717) is 6.10 Å². The van der Waals surface area contributed by atoms with Gasteiger partial charge in [-0.1, -0.05) is 33.6 Å². The summed E-state index contributed by atoms with van der Waals surface area (Å²) in [7, 11) is 0. The molecule has 3 rings (SSSR count). The van der Waals surface area contributed by atoms with Crippen LogP contribution in [0.5, 0.6) is 5.75 Å². The first kappa shape index (κ1) is 13.4. The van der Waals surface area contributed by atoms with Gasteiger partial charge >= 0.3 is 0 Å². The Bertz CT molecular complexity index is 452. The van der Waals surface area contributed by atoms with Crippen LogP contribution in [0, 0.1) is 12.3 Å². The fourth-order valence-electron chi connectivity index (χ4n) is 3.28. The van der Waals surface area contributed by atoms with Crippen LogP contribution in [0.1, 0.15) is 30.4 Å². The van der Waals surface area contributed by atoms with Crippen LogP contribution in [0.3, 0.4) is 0 Å². The maximum Gasteiger partial charge on any atom is 0.123 e. The Morgan fingerprint density at radius 1 is 1.42 bits per heavy atom. The molecule has 0 bridgehead atoms. The van der Waals surface area contributed by atoms with Gasteiger partial charge in [-0.2, -0.15) is 0 Å². The van der Waals surface area contributed by atoms with Crippen molar-refractivity contribution in [1.82, 2.24) is 0 Å². The lowest BCUT2D eigenvalue weighted by atomic mass is 9.79. The first-order valence-electron chi connectivity index (χ1n) is 7.11. The van der Waals surface area contributed by atoms with Crippen LogP contribution in [-0.2, 0) is 11.2 Å². The van der Waals surface area contributed by atoms with Crippen molar-refractivity contribution in [3.63, 3.8) is 0 Å². The summed E-state index contributed by atoms with van der Waals surface area (Å²) in [5, 5.41) is 1.01. The molecule has 0 aromatic heterocycles. The first-order chi connectivity index (χ1) is 9.21. The predicted molar refractivity (Wildman–Crippen MR) is 80.2 cm³/mol. The third-order valence-corrected chi connectivity index (χ3v) is 5.49. The summed E-state index contributed by atoms with van der Waals surface area (Å²) in [6.07, 6.45) is 4.87. The molecule has 1 saturated heterocycles. The minimum atomic E-state index is 0.264. The van der Waals surface area contributed by atoms with Crippen molar-refractivity contribution in [2.24, 2.45) is 5.41 Å². The van der Waals surface area contributed by atoms with Gasteiger partial charge in [-0.3, -0.25) is 0 Å². The van der Waals surface area contributed by atoms with Gasteiger partial charge in [0.2, 0.25) is 0 Å². The van der Waals surface area contributed by atoms with Crippen LogP contribution in [0.4, 0.5) is 0 Å². The monoisotopic (exact) mass is 324 g/mol. The van der Waals surface area contributed by atoms with Gasteiger partial charge in [0.25, 0.3) is 0 Å². The summed E-state index contributed by atoms with van der Waals surface area (Å²) < 4.78 is 11.8. The van der Waals surface area contributed by atoms with E-state index in [1.807, 2.05) is 0 Å². The van der Waals surface area contributed by atoms with E-state index in [-0.39, 0.29) is 5.41 Å². The van der Waals surface area contributed by atoms with Crippen molar-refractivity contribution in [3.8, 4) is 5.75 Å². The lowest BCUT2D eigenvalue weighted by molar-refractivity contribution is -0.0146. The van der Waals surface area contributed by atoms with E-state index < -0.39 is 0 Å². The van der Waals surface area contributed by atoms with E-state index in [2.05, 4.69) is 41.1 Å². The predicted octanol–water partition coefficient (Wildman–Crippen LogP) is 3.88. The highest BCUT2D eigenvalue weighted by atomic mass is 79.9. The molecule has 2 aliphatic rings. The molecule has 0 amide bonds. The molecule has 1 aromatic carbocycles. The number of fused-ring (bicyclic) bond motifs is 1. The highest BCUT2D eigenvalue weighted by molar-refractivity contribution is 9.09. The normalized spacial score (nSPS) is 29.9. The maximum atomic E-state index is 6.12. The summed E-state index contributed by atoms with van der Waals surface area (Å²) >= 11 is 3.69. The zero-order valence-corrected chi connectivity index (χ0v) is 13.0. The van der Waals surface area contributed by atoms with Gasteiger partial charge in [-0.05, 0) is 37.8 Å². The quantitative estimate of drug-likeness (QED) is 0.785. The largest absolute Gasteiger partial charge is 0.490 e. The van der Waals surface area contributed by atoms with Crippen molar-refractivity contribution in [1.29, 1.82) is 0 Å². The van der Waals surface area contributed by atoms with Crippen molar-refractivity contribution in [2.75, 3.05) is 18.5 Å². The van der Waals surface area contributed by atoms with Crippen LogP contribution in [0.2, 0.25) is 0 Å². The van der Waals surface area contributed by atoms with Crippen LogP contribution in [0.15, 0.2) is 18.2 Å². The molecular weight excluding hydrogens is 304 g/mol. The molecule has 2 nitrogen and oxygen atoms in total. The van der Waals surface area contributed by atoms with E-state index in [1.165, 1.54) is 24.0 Å². The highest BCUT2D eigenvalue weighted by Gasteiger charge is 2.37. The number of benzene rings is 1. The Balaban J connectivity index is 1.69. The Kier molecular flexibility index (Phi) is 3.86. The average Bonchev–Trinajstić information content (AvgIpc) is 2.81. The molecule has 3 heteroatoms. The molecule has 104 valence electrons. The van der Waals surface area contributed by atoms with Gasteiger partial charge in [0.1, 0.15) is 11.9 Å². The number of alkyl halides is 1. The minimum Gasteiger partial charge on any atom is -0.490 e.